The van der Waals surface area contributed by atoms with Crippen LogP contribution in [0.2, 0.25) is 0 Å². The fourth-order valence-corrected chi connectivity index (χ4v) is 3.38. The number of rotatable bonds is 1. The Morgan fingerprint density at radius 1 is 0.955 bits per heavy atom. The smallest absolute Gasteiger partial charge is 0.228 e. The number of para-hydroxylation sites is 1. The zero-order valence-electron chi connectivity index (χ0n) is 12.0. The van der Waals surface area contributed by atoms with Gasteiger partial charge in [0.1, 0.15) is 0 Å². The Bertz CT molecular complexity index is 1050. The Labute approximate surface area is 127 Å². The summed E-state index contributed by atoms with van der Waals surface area (Å²) in [5, 5.41) is 3.70. The average Bonchev–Trinajstić information content (AvgIpc) is 2.99. The molecule has 0 saturated heterocycles. The van der Waals surface area contributed by atoms with Gasteiger partial charge in [-0.05, 0) is 23.6 Å². The van der Waals surface area contributed by atoms with Gasteiger partial charge in [-0.3, -0.25) is 9.55 Å². The molecule has 4 aromatic rings. The molecule has 2 aromatic heterocycles. The average molecular weight is 284 g/mol. The van der Waals surface area contributed by atoms with E-state index in [9.17, 15) is 0 Å². The molecule has 1 aliphatic heterocycles. The van der Waals surface area contributed by atoms with Gasteiger partial charge in [0.15, 0.2) is 6.21 Å². The van der Waals surface area contributed by atoms with E-state index in [1.54, 1.807) is 0 Å². The first kappa shape index (κ1) is 11.7. The summed E-state index contributed by atoms with van der Waals surface area (Å²) in [6.45, 7) is 0.828. The van der Waals surface area contributed by atoms with Gasteiger partial charge in [0.05, 0.1) is 16.5 Å². The minimum atomic E-state index is 0.828. The lowest BCUT2D eigenvalue weighted by Crippen LogP contribution is -2.18. The van der Waals surface area contributed by atoms with Crippen LogP contribution in [0, 0.1) is 0 Å². The van der Waals surface area contributed by atoms with Crippen molar-refractivity contribution in [3.8, 4) is 0 Å². The number of hydrogen-bond donors (Lipinski definition) is 0. The lowest BCUT2D eigenvalue weighted by Gasteiger charge is -2.13. The normalized spacial score (nSPS) is 13.5. The third-order valence-electron chi connectivity index (χ3n) is 4.39. The van der Waals surface area contributed by atoms with Gasteiger partial charge in [0, 0.05) is 30.0 Å². The molecular formula is C19H14N3+. The van der Waals surface area contributed by atoms with Crippen molar-refractivity contribution in [1.82, 2.24) is 9.55 Å². The van der Waals surface area contributed by atoms with Gasteiger partial charge in [0.2, 0.25) is 12.4 Å². The van der Waals surface area contributed by atoms with Crippen LogP contribution in [0.5, 0.6) is 0 Å². The molecule has 3 heteroatoms. The molecule has 0 unspecified atom stereocenters. The maximum atomic E-state index is 4.29. The SMILES string of the molecule is C1=[N+](c2cccc3ccncc23)Cn2ccc3cccc1c32. The lowest BCUT2D eigenvalue weighted by atomic mass is 10.1. The third kappa shape index (κ3) is 1.56. The van der Waals surface area contributed by atoms with Crippen LogP contribution in [0.4, 0.5) is 5.69 Å². The second-order valence-corrected chi connectivity index (χ2v) is 5.68. The highest BCUT2D eigenvalue weighted by molar-refractivity contribution is 5.98. The van der Waals surface area contributed by atoms with Crippen molar-refractivity contribution < 1.29 is 4.58 Å². The minimum Gasteiger partial charge on any atom is -0.291 e. The highest BCUT2D eigenvalue weighted by atomic mass is 15.2. The van der Waals surface area contributed by atoms with E-state index in [1.807, 2.05) is 12.4 Å². The highest BCUT2D eigenvalue weighted by Crippen LogP contribution is 2.29. The van der Waals surface area contributed by atoms with Gasteiger partial charge in [-0.2, -0.15) is 4.58 Å². The van der Waals surface area contributed by atoms with E-state index in [-0.39, 0.29) is 0 Å². The molecule has 0 saturated carbocycles. The van der Waals surface area contributed by atoms with Crippen LogP contribution in [0.3, 0.4) is 0 Å². The first-order valence-corrected chi connectivity index (χ1v) is 7.42. The third-order valence-corrected chi connectivity index (χ3v) is 4.39. The molecule has 0 N–H and O–H groups in total. The minimum absolute atomic E-state index is 0.828. The van der Waals surface area contributed by atoms with Gasteiger partial charge in [-0.25, -0.2) is 0 Å². The maximum Gasteiger partial charge on any atom is 0.228 e. The van der Waals surface area contributed by atoms with Gasteiger partial charge in [-0.15, -0.1) is 0 Å². The van der Waals surface area contributed by atoms with Crippen LogP contribution >= 0.6 is 0 Å². The predicted molar refractivity (Wildman–Crippen MR) is 88.8 cm³/mol. The van der Waals surface area contributed by atoms with Gasteiger partial charge in [-0.1, -0.05) is 24.3 Å². The Kier molecular flexibility index (Phi) is 2.27. The summed E-state index contributed by atoms with van der Waals surface area (Å²) in [5.41, 5.74) is 3.77. The Morgan fingerprint density at radius 2 is 1.86 bits per heavy atom. The number of hydrogen-bond acceptors (Lipinski definition) is 1. The highest BCUT2D eigenvalue weighted by Gasteiger charge is 2.21. The molecule has 0 bridgehead atoms. The second-order valence-electron chi connectivity index (χ2n) is 5.68. The van der Waals surface area contributed by atoms with E-state index in [0.717, 1.165) is 6.67 Å². The van der Waals surface area contributed by atoms with Crippen LogP contribution in [0.1, 0.15) is 5.56 Å². The number of aromatic nitrogens is 2. The van der Waals surface area contributed by atoms with Crippen molar-refractivity contribution in [2.24, 2.45) is 0 Å². The topological polar surface area (TPSA) is 20.8 Å². The van der Waals surface area contributed by atoms with E-state index in [2.05, 4.69) is 75.1 Å². The summed E-state index contributed by atoms with van der Waals surface area (Å²) in [7, 11) is 0. The molecule has 22 heavy (non-hydrogen) atoms. The van der Waals surface area contributed by atoms with Crippen molar-refractivity contribution in [1.29, 1.82) is 0 Å². The summed E-state index contributed by atoms with van der Waals surface area (Å²) >= 11 is 0. The summed E-state index contributed by atoms with van der Waals surface area (Å²) in [4.78, 5) is 4.29. The summed E-state index contributed by atoms with van der Waals surface area (Å²) in [6.07, 6.45) is 8.20. The molecule has 3 heterocycles. The zero-order chi connectivity index (χ0) is 14.5. The quantitative estimate of drug-likeness (QED) is 0.485. The van der Waals surface area contributed by atoms with Crippen molar-refractivity contribution in [3.63, 3.8) is 0 Å². The molecule has 0 radical (unpaired) electrons. The number of nitrogens with zero attached hydrogens (tertiary/aromatic N) is 3. The fourth-order valence-electron chi connectivity index (χ4n) is 3.38. The van der Waals surface area contributed by atoms with E-state index in [0.29, 0.717) is 0 Å². The van der Waals surface area contributed by atoms with Crippen molar-refractivity contribution >= 4 is 33.6 Å². The number of pyridine rings is 1. The van der Waals surface area contributed by atoms with Crippen molar-refractivity contribution in [2.75, 3.05) is 0 Å². The molecule has 0 aliphatic carbocycles. The summed E-state index contributed by atoms with van der Waals surface area (Å²) in [6, 6.07) is 17.1. The lowest BCUT2D eigenvalue weighted by molar-refractivity contribution is -0.470. The fraction of sp³-hybridized carbons (Fsp3) is 0.0526. The molecule has 5 rings (SSSR count). The van der Waals surface area contributed by atoms with Crippen molar-refractivity contribution in [3.05, 3.63) is 72.7 Å². The first-order chi connectivity index (χ1) is 10.9. The first-order valence-electron chi connectivity index (χ1n) is 7.42. The Morgan fingerprint density at radius 3 is 2.86 bits per heavy atom. The van der Waals surface area contributed by atoms with Gasteiger partial charge in [0.25, 0.3) is 0 Å². The van der Waals surface area contributed by atoms with Crippen LogP contribution in [-0.4, -0.2) is 20.3 Å². The predicted octanol–water partition coefficient (Wildman–Crippen LogP) is 3.92. The standard InChI is InChI=1S/C19H14N3/c1-4-15-8-10-21-13-22(12-16(5-1)19(15)21)18-6-2-3-14-7-9-20-11-17(14)18/h1-12H,13H2/q+1. The van der Waals surface area contributed by atoms with E-state index in [4.69, 9.17) is 0 Å². The molecule has 0 atom stereocenters. The number of fused-ring (bicyclic) bond motifs is 1. The van der Waals surface area contributed by atoms with E-state index >= 15 is 0 Å². The van der Waals surface area contributed by atoms with Crippen molar-refractivity contribution in [2.45, 2.75) is 6.67 Å². The molecule has 3 nitrogen and oxygen atoms in total. The van der Waals surface area contributed by atoms with Gasteiger partial charge >= 0.3 is 0 Å². The second kappa shape index (κ2) is 4.28. The molecule has 2 aromatic carbocycles. The summed E-state index contributed by atoms with van der Waals surface area (Å²) < 4.78 is 4.60. The Balaban J connectivity index is 1.78. The molecule has 0 spiro atoms. The molecule has 104 valence electrons. The largest absolute Gasteiger partial charge is 0.291 e. The van der Waals surface area contributed by atoms with Crippen LogP contribution in [0.25, 0.3) is 21.7 Å². The summed E-state index contributed by atoms with van der Waals surface area (Å²) in [5.74, 6) is 0. The monoisotopic (exact) mass is 284 g/mol. The van der Waals surface area contributed by atoms with Crippen LogP contribution in [-0.2, 0) is 6.67 Å². The maximum absolute atomic E-state index is 4.29. The van der Waals surface area contributed by atoms with E-state index in [1.165, 1.54) is 32.9 Å². The zero-order valence-corrected chi connectivity index (χ0v) is 12.0. The molecule has 0 fully saturated rings. The molecular weight excluding hydrogens is 270 g/mol. The van der Waals surface area contributed by atoms with E-state index < -0.39 is 0 Å². The molecule has 0 amide bonds. The van der Waals surface area contributed by atoms with Gasteiger partial charge < -0.3 is 0 Å². The number of benzene rings is 2. The molecule has 1 aliphatic rings. The van der Waals surface area contributed by atoms with Crippen LogP contribution < -0.4 is 0 Å². The van der Waals surface area contributed by atoms with Crippen LogP contribution in [0.15, 0.2) is 67.1 Å². The Hall–Kier alpha value is -2.94.